The molecule has 0 atom stereocenters. The Labute approximate surface area is 214 Å². The molecule has 0 radical (unpaired) electrons. The molecule has 0 spiro atoms. The van der Waals surface area contributed by atoms with Crippen molar-refractivity contribution in [2.75, 3.05) is 0 Å². The maximum absolute atomic E-state index is 13.1. The first-order valence-corrected chi connectivity index (χ1v) is 13.0. The highest BCUT2D eigenvalue weighted by molar-refractivity contribution is 9.11. The quantitative estimate of drug-likeness (QED) is 0.368. The molecule has 5 rings (SSSR count). The minimum atomic E-state index is -0.501. The molecule has 0 N–H and O–H groups in total. The SMILES string of the molecule is O=C1CCCC2=C1C(c1cc(Br)cc(Br)c1OCc1ccccc1Cl)C1=C(CCCC1=O)O2. The van der Waals surface area contributed by atoms with Crippen LogP contribution in [0.5, 0.6) is 5.75 Å². The van der Waals surface area contributed by atoms with E-state index in [1.54, 1.807) is 0 Å². The molecule has 33 heavy (non-hydrogen) atoms. The first kappa shape index (κ1) is 22.9. The Kier molecular flexibility index (Phi) is 6.51. The molecule has 4 nitrogen and oxygen atoms in total. The molecule has 0 unspecified atom stereocenters. The number of Topliss-reactive ketones (excluding diaryl/α,β-unsaturated/α-hetero) is 2. The van der Waals surface area contributed by atoms with Crippen LogP contribution < -0.4 is 4.74 Å². The summed E-state index contributed by atoms with van der Waals surface area (Å²) in [6.45, 7) is 0.260. The molecule has 0 saturated heterocycles. The zero-order valence-corrected chi connectivity index (χ0v) is 21.7. The van der Waals surface area contributed by atoms with Gasteiger partial charge in [0.1, 0.15) is 23.9 Å². The summed E-state index contributed by atoms with van der Waals surface area (Å²) in [5, 5.41) is 0.623. The maximum atomic E-state index is 13.1. The van der Waals surface area contributed by atoms with Crippen molar-refractivity contribution in [1.29, 1.82) is 0 Å². The Morgan fingerprint density at radius 2 is 1.58 bits per heavy atom. The molecular weight excluding hydrogens is 572 g/mol. The van der Waals surface area contributed by atoms with Crippen molar-refractivity contribution in [3.05, 3.63) is 84.2 Å². The molecule has 0 aromatic heterocycles. The molecule has 2 aliphatic carbocycles. The monoisotopic (exact) mass is 590 g/mol. The lowest BCUT2D eigenvalue weighted by Crippen LogP contribution is -2.30. The van der Waals surface area contributed by atoms with Gasteiger partial charge in [0.2, 0.25) is 0 Å². The lowest BCUT2D eigenvalue weighted by molar-refractivity contribution is -0.117. The van der Waals surface area contributed by atoms with Crippen molar-refractivity contribution in [1.82, 2.24) is 0 Å². The van der Waals surface area contributed by atoms with Gasteiger partial charge in [0.15, 0.2) is 11.6 Å². The van der Waals surface area contributed by atoms with E-state index in [2.05, 4.69) is 31.9 Å². The molecule has 0 bridgehead atoms. The Hall–Kier alpha value is -1.89. The van der Waals surface area contributed by atoms with Gasteiger partial charge in [-0.05, 0) is 47.0 Å². The molecule has 0 saturated carbocycles. The summed E-state index contributed by atoms with van der Waals surface area (Å²) >= 11 is 13.6. The van der Waals surface area contributed by atoms with Gasteiger partial charge >= 0.3 is 0 Å². The number of rotatable bonds is 4. The van der Waals surface area contributed by atoms with E-state index in [0.717, 1.165) is 32.9 Å². The summed E-state index contributed by atoms with van der Waals surface area (Å²) in [6, 6.07) is 11.4. The molecule has 2 aromatic rings. The van der Waals surface area contributed by atoms with Gasteiger partial charge in [-0.25, -0.2) is 0 Å². The van der Waals surface area contributed by atoms with Gasteiger partial charge in [-0.2, -0.15) is 0 Å². The van der Waals surface area contributed by atoms with Crippen LogP contribution in [0, 0.1) is 0 Å². The number of carbonyl (C=O) groups is 2. The number of hydrogen-bond donors (Lipinski definition) is 0. The highest BCUT2D eigenvalue weighted by Crippen LogP contribution is 2.51. The molecule has 0 amide bonds. The Morgan fingerprint density at radius 1 is 0.939 bits per heavy atom. The summed E-state index contributed by atoms with van der Waals surface area (Å²) in [7, 11) is 0. The fourth-order valence-electron chi connectivity index (χ4n) is 4.84. The van der Waals surface area contributed by atoms with Crippen LogP contribution in [0.15, 0.2) is 68.0 Å². The largest absolute Gasteiger partial charge is 0.487 e. The van der Waals surface area contributed by atoms with E-state index < -0.39 is 5.92 Å². The van der Waals surface area contributed by atoms with E-state index in [-0.39, 0.29) is 18.2 Å². The van der Waals surface area contributed by atoms with Crippen LogP contribution >= 0.6 is 43.5 Å². The third-order valence-corrected chi connectivity index (χ3v) is 7.73. The first-order chi connectivity index (χ1) is 15.9. The van der Waals surface area contributed by atoms with E-state index in [1.165, 1.54) is 0 Å². The fourth-order valence-corrected chi connectivity index (χ4v) is 6.40. The molecular formula is C26H21Br2ClO4. The summed E-state index contributed by atoms with van der Waals surface area (Å²) in [4.78, 5) is 26.3. The topological polar surface area (TPSA) is 52.6 Å². The predicted octanol–water partition coefficient (Wildman–Crippen LogP) is 7.57. The molecule has 7 heteroatoms. The summed E-state index contributed by atoms with van der Waals surface area (Å²) < 4.78 is 14.0. The lowest BCUT2D eigenvalue weighted by atomic mass is 9.73. The molecule has 1 aliphatic heterocycles. The third kappa shape index (κ3) is 4.33. The van der Waals surface area contributed by atoms with Crippen molar-refractivity contribution in [3.8, 4) is 5.75 Å². The Balaban J connectivity index is 1.65. The maximum Gasteiger partial charge on any atom is 0.163 e. The fraction of sp³-hybridized carbons (Fsp3) is 0.308. The minimum Gasteiger partial charge on any atom is -0.487 e. The number of hydrogen-bond acceptors (Lipinski definition) is 4. The second kappa shape index (κ2) is 9.40. The minimum absolute atomic E-state index is 0.0410. The second-order valence-electron chi connectivity index (χ2n) is 8.45. The molecule has 3 aliphatic rings. The van der Waals surface area contributed by atoms with Gasteiger partial charge in [0.25, 0.3) is 0 Å². The summed E-state index contributed by atoms with van der Waals surface area (Å²) in [5.41, 5.74) is 2.83. The van der Waals surface area contributed by atoms with Gasteiger partial charge in [-0.1, -0.05) is 45.7 Å². The molecule has 1 heterocycles. The van der Waals surface area contributed by atoms with Crippen molar-refractivity contribution < 1.29 is 19.1 Å². The van der Waals surface area contributed by atoms with Gasteiger partial charge < -0.3 is 9.47 Å². The van der Waals surface area contributed by atoms with Gasteiger partial charge in [-0.3, -0.25) is 9.59 Å². The van der Waals surface area contributed by atoms with Gasteiger partial charge in [0.05, 0.1) is 10.4 Å². The predicted molar refractivity (Wildman–Crippen MR) is 133 cm³/mol. The van der Waals surface area contributed by atoms with Crippen LogP contribution in [-0.2, 0) is 20.9 Å². The highest BCUT2D eigenvalue weighted by atomic mass is 79.9. The number of carbonyl (C=O) groups excluding carboxylic acids is 2. The number of ketones is 2. The third-order valence-electron chi connectivity index (χ3n) is 6.32. The summed E-state index contributed by atoms with van der Waals surface area (Å²) in [5.74, 6) is 1.59. The normalized spacial score (nSPS) is 18.8. The average molecular weight is 593 g/mol. The lowest BCUT2D eigenvalue weighted by Gasteiger charge is -2.36. The van der Waals surface area contributed by atoms with Crippen LogP contribution in [0.4, 0.5) is 0 Å². The van der Waals surface area contributed by atoms with E-state index in [9.17, 15) is 9.59 Å². The van der Waals surface area contributed by atoms with Crippen molar-refractivity contribution in [2.24, 2.45) is 0 Å². The van der Waals surface area contributed by atoms with Gasteiger partial charge in [-0.15, -0.1) is 0 Å². The van der Waals surface area contributed by atoms with Crippen LogP contribution in [0.3, 0.4) is 0 Å². The zero-order valence-electron chi connectivity index (χ0n) is 17.8. The van der Waals surface area contributed by atoms with Crippen molar-refractivity contribution in [3.63, 3.8) is 0 Å². The Bertz CT molecular complexity index is 1190. The van der Waals surface area contributed by atoms with Crippen molar-refractivity contribution >= 4 is 55.0 Å². The first-order valence-electron chi connectivity index (χ1n) is 11.0. The van der Waals surface area contributed by atoms with E-state index in [0.29, 0.717) is 59.1 Å². The number of halogens is 3. The van der Waals surface area contributed by atoms with Crippen LogP contribution in [0.1, 0.15) is 55.6 Å². The molecule has 170 valence electrons. The van der Waals surface area contributed by atoms with Crippen LogP contribution in [0.25, 0.3) is 0 Å². The zero-order chi connectivity index (χ0) is 23.1. The summed E-state index contributed by atoms with van der Waals surface area (Å²) in [6.07, 6.45) is 3.85. The van der Waals surface area contributed by atoms with Crippen LogP contribution in [0.2, 0.25) is 5.02 Å². The van der Waals surface area contributed by atoms with E-state index >= 15 is 0 Å². The highest BCUT2D eigenvalue weighted by Gasteiger charge is 2.43. The van der Waals surface area contributed by atoms with E-state index in [1.807, 2.05) is 36.4 Å². The number of ether oxygens (including phenoxy) is 2. The smallest absolute Gasteiger partial charge is 0.163 e. The molecule has 0 fully saturated rings. The standard InChI is InChI=1S/C26H21Br2ClO4/c27-15-11-16(26(17(28)12-15)32-13-14-5-1-2-6-18(14)29)23-24-19(30)7-3-9-21(24)33-22-10-4-8-20(31)25(22)23/h1-2,5-6,11-12,23H,3-4,7-10,13H2. The van der Waals surface area contributed by atoms with Crippen molar-refractivity contribution in [2.45, 2.75) is 51.0 Å². The van der Waals surface area contributed by atoms with E-state index in [4.69, 9.17) is 21.1 Å². The van der Waals surface area contributed by atoms with Crippen LogP contribution in [-0.4, -0.2) is 11.6 Å². The second-order valence-corrected chi connectivity index (χ2v) is 10.6. The van der Waals surface area contributed by atoms with Gasteiger partial charge in [0, 0.05) is 57.5 Å². The average Bonchev–Trinajstić information content (AvgIpc) is 2.78. The Morgan fingerprint density at radius 3 is 2.21 bits per heavy atom. The number of benzene rings is 2. The molecule has 2 aromatic carbocycles. The number of allylic oxidation sites excluding steroid dienone is 4.